The van der Waals surface area contributed by atoms with Crippen molar-refractivity contribution in [3.05, 3.63) is 46.9 Å². The number of rotatable bonds is 3. The monoisotopic (exact) mass is 301 g/mol. The van der Waals surface area contributed by atoms with Crippen LogP contribution in [0.1, 0.15) is 25.3 Å². The number of ether oxygens (including phenoxy) is 1. The molecule has 2 rings (SSSR count). The van der Waals surface area contributed by atoms with Gasteiger partial charge in [-0.1, -0.05) is 12.2 Å². The Balaban J connectivity index is 2.62. The molecule has 0 saturated heterocycles. The van der Waals surface area contributed by atoms with Gasteiger partial charge in [0.05, 0.1) is 23.7 Å². The van der Waals surface area contributed by atoms with Crippen LogP contribution in [-0.4, -0.2) is 28.4 Å². The second-order valence-electron chi connectivity index (χ2n) is 4.47. The average molecular weight is 301 g/mol. The number of carbonyl (C=O) groups is 1. The summed E-state index contributed by atoms with van der Waals surface area (Å²) in [5, 5.41) is 10.4. The number of nitrogens with zero attached hydrogens (tertiary/aromatic N) is 1. The van der Waals surface area contributed by atoms with Crippen molar-refractivity contribution >= 4 is 29.0 Å². The smallest absolute Gasteiger partial charge is 0.336 e. The first-order chi connectivity index (χ1) is 10.1. The zero-order valence-electron chi connectivity index (χ0n) is 11.8. The van der Waals surface area contributed by atoms with Crippen molar-refractivity contribution in [2.75, 3.05) is 6.61 Å². The third-order valence-electron chi connectivity index (χ3n) is 3.20. The molecule has 1 aliphatic heterocycles. The second-order valence-corrected chi connectivity index (χ2v) is 4.87. The molecule has 108 valence electrons. The molecule has 1 aliphatic rings. The Hall–Kier alpha value is -2.30. The van der Waals surface area contributed by atoms with Crippen molar-refractivity contribution < 1.29 is 9.53 Å². The predicted molar refractivity (Wildman–Crippen MR) is 83.3 cm³/mol. The molecule has 1 unspecified atom stereocenters. The number of thiocarbonyl (C=S) groups is 1. The molecule has 6 heteroatoms. The average Bonchev–Trinajstić information content (AvgIpc) is 2.47. The van der Waals surface area contributed by atoms with Crippen LogP contribution >= 0.6 is 12.2 Å². The maximum absolute atomic E-state index is 12.3. The van der Waals surface area contributed by atoms with Crippen LogP contribution in [0.15, 0.2) is 41.4 Å². The quantitative estimate of drug-likeness (QED) is 0.387. The molecule has 0 bridgehead atoms. The molecule has 0 saturated carbocycles. The lowest BCUT2D eigenvalue weighted by Gasteiger charge is -2.29. The minimum atomic E-state index is -0.460. The van der Waals surface area contributed by atoms with Crippen molar-refractivity contribution in [1.82, 2.24) is 10.3 Å². The Kier molecular flexibility index (Phi) is 4.62. The highest BCUT2D eigenvalue weighted by Gasteiger charge is 2.35. The highest BCUT2D eigenvalue weighted by atomic mass is 32.1. The van der Waals surface area contributed by atoms with Gasteiger partial charge in [0, 0.05) is 18.1 Å². The van der Waals surface area contributed by atoms with Gasteiger partial charge in [0.25, 0.3) is 0 Å². The summed E-state index contributed by atoms with van der Waals surface area (Å²) in [6.45, 7) is 3.81. The van der Waals surface area contributed by atoms with E-state index in [1.807, 2.05) is 0 Å². The van der Waals surface area contributed by atoms with E-state index in [1.165, 1.54) is 0 Å². The van der Waals surface area contributed by atoms with Crippen LogP contribution in [0.3, 0.4) is 0 Å². The Labute approximate surface area is 128 Å². The normalized spacial score (nSPS) is 18.1. The number of aromatic nitrogens is 1. The fourth-order valence-electron chi connectivity index (χ4n) is 2.29. The van der Waals surface area contributed by atoms with E-state index in [0.29, 0.717) is 21.8 Å². The van der Waals surface area contributed by atoms with Crippen LogP contribution in [0.2, 0.25) is 0 Å². The molecule has 1 aromatic rings. The van der Waals surface area contributed by atoms with Gasteiger partial charge < -0.3 is 10.1 Å². The van der Waals surface area contributed by atoms with E-state index in [9.17, 15) is 4.79 Å². The molecule has 1 aromatic heterocycles. The summed E-state index contributed by atoms with van der Waals surface area (Å²) < 4.78 is 5.13. The highest BCUT2D eigenvalue weighted by molar-refractivity contribution is 7.80. The molecule has 0 amide bonds. The summed E-state index contributed by atoms with van der Waals surface area (Å²) >= 11 is 5.25. The summed E-state index contributed by atoms with van der Waals surface area (Å²) in [4.78, 5) is 16.7. The van der Waals surface area contributed by atoms with Gasteiger partial charge in [-0.25, -0.2) is 4.79 Å². The van der Waals surface area contributed by atoms with Gasteiger partial charge in [0.2, 0.25) is 0 Å². The number of hydrogen-bond acceptors (Lipinski definition) is 5. The standard InChI is InChI=1S/C15H15N3O2S/c1-3-20-15(19)12-9(2)18-14(21)11(8-16)13(12)10-4-6-17-7-5-10/h4-7,13,16H,3H2,1-2H3,(H,18,21). The van der Waals surface area contributed by atoms with Crippen LogP contribution in [0.4, 0.5) is 0 Å². The Bertz CT molecular complexity index is 661. The fourth-order valence-corrected chi connectivity index (χ4v) is 2.62. The maximum Gasteiger partial charge on any atom is 0.336 e. The van der Waals surface area contributed by atoms with Crippen LogP contribution in [0, 0.1) is 5.41 Å². The number of esters is 1. The minimum absolute atomic E-state index is 0.284. The molecule has 0 radical (unpaired) electrons. The number of pyridine rings is 1. The molecular weight excluding hydrogens is 286 g/mol. The SMILES string of the molecule is CCOC(=O)C1=C(C)NC(=S)C(=C=N)C1c1ccncc1. The molecule has 5 nitrogen and oxygen atoms in total. The topological polar surface area (TPSA) is 75.1 Å². The summed E-state index contributed by atoms with van der Waals surface area (Å²) in [6.07, 6.45) is 3.28. The third-order valence-corrected chi connectivity index (χ3v) is 3.52. The summed E-state index contributed by atoms with van der Waals surface area (Å²) in [5.41, 5.74) is 2.36. The number of hydrogen-bond donors (Lipinski definition) is 2. The highest BCUT2D eigenvalue weighted by Crippen LogP contribution is 2.36. The summed E-state index contributed by atoms with van der Waals surface area (Å²) in [6, 6.07) is 3.59. The Morgan fingerprint density at radius 2 is 2.19 bits per heavy atom. The van der Waals surface area contributed by atoms with Gasteiger partial charge in [-0.05, 0) is 37.4 Å². The van der Waals surface area contributed by atoms with Gasteiger partial charge in [0.1, 0.15) is 4.99 Å². The van der Waals surface area contributed by atoms with Gasteiger partial charge in [-0.3, -0.25) is 10.4 Å². The zero-order valence-corrected chi connectivity index (χ0v) is 12.6. The Morgan fingerprint density at radius 3 is 2.76 bits per heavy atom. The van der Waals surface area contributed by atoms with Crippen molar-refractivity contribution in [3.63, 3.8) is 0 Å². The van der Waals surface area contributed by atoms with Gasteiger partial charge in [0.15, 0.2) is 0 Å². The first-order valence-corrected chi connectivity index (χ1v) is 6.89. The summed E-state index contributed by atoms with van der Waals surface area (Å²) in [5.74, 6) is 1.47. The van der Waals surface area contributed by atoms with Crippen molar-refractivity contribution in [1.29, 1.82) is 5.41 Å². The van der Waals surface area contributed by atoms with Crippen molar-refractivity contribution in [2.45, 2.75) is 19.8 Å². The molecule has 1 atom stereocenters. The molecular formula is C15H15N3O2S. The molecule has 2 heterocycles. The molecule has 2 N–H and O–H groups in total. The zero-order chi connectivity index (χ0) is 15.4. The lowest BCUT2D eigenvalue weighted by Crippen LogP contribution is -2.35. The third kappa shape index (κ3) is 2.91. The largest absolute Gasteiger partial charge is 0.463 e. The molecule has 0 aromatic carbocycles. The van der Waals surface area contributed by atoms with E-state index in [1.54, 1.807) is 38.4 Å². The first kappa shape index (κ1) is 15.1. The second kappa shape index (κ2) is 6.43. The Morgan fingerprint density at radius 1 is 1.52 bits per heavy atom. The van der Waals surface area contributed by atoms with E-state index in [-0.39, 0.29) is 6.61 Å². The molecule has 0 fully saturated rings. The van der Waals surface area contributed by atoms with Crippen LogP contribution in [0.25, 0.3) is 0 Å². The van der Waals surface area contributed by atoms with E-state index in [0.717, 1.165) is 5.56 Å². The van der Waals surface area contributed by atoms with Gasteiger partial charge >= 0.3 is 5.97 Å². The van der Waals surface area contributed by atoms with Gasteiger partial charge in [-0.2, -0.15) is 0 Å². The minimum Gasteiger partial charge on any atom is -0.463 e. The van der Waals surface area contributed by atoms with Crippen molar-refractivity contribution in [2.24, 2.45) is 0 Å². The van der Waals surface area contributed by atoms with Crippen LogP contribution < -0.4 is 5.32 Å². The summed E-state index contributed by atoms with van der Waals surface area (Å²) in [7, 11) is 0. The molecule has 0 spiro atoms. The van der Waals surface area contributed by atoms with E-state index in [2.05, 4.69) is 16.2 Å². The predicted octanol–water partition coefficient (Wildman–Crippen LogP) is 2.11. The lowest BCUT2D eigenvalue weighted by atomic mass is 9.82. The maximum atomic E-state index is 12.3. The fraction of sp³-hybridized carbons (Fsp3) is 0.267. The van der Waals surface area contributed by atoms with Crippen LogP contribution in [0.5, 0.6) is 0 Å². The van der Waals surface area contributed by atoms with Crippen LogP contribution in [-0.2, 0) is 9.53 Å². The van der Waals surface area contributed by atoms with E-state index < -0.39 is 11.9 Å². The van der Waals surface area contributed by atoms with E-state index >= 15 is 0 Å². The van der Waals surface area contributed by atoms with Crippen molar-refractivity contribution in [3.8, 4) is 0 Å². The lowest BCUT2D eigenvalue weighted by molar-refractivity contribution is -0.138. The molecule has 0 aliphatic carbocycles. The van der Waals surface area contributed by atoms with Gasteiger partial charge in [-0.15, -0.1) is 0 Å². The van der Waals surface area contributed by atoms with E-state index in [4.69, 9.17) is 22.4 Å². The number of allylic oxidation sites excluding steroid dienone is 1. The first-order valence-electron chi connectivity index (χ1n) is 6.48. The molecule has 21 heavy (non-hydrogen) atoms. The number of nitrogens with one attached hydrogen (secondary N) is 2. The number of carbonyl (C=O) groups excluding carboxylic acids is 1.